The third-order valence-electron chi connectivity index (χ3n) is 2.94. The summed E-state index contributed by atoms with van der Waals surface area (Å²) in [7, 11) is 0. The lowest BCUT2D eigenvalue weighted by molar-refractivity contribution is 1.58. The maximum absolute atomic E-state index is 3.33. The van der Waals surface area contributed by atoms with Crippen LogP contribution in [0.25, 0.3) is 12.2 Å². The Hall–Kier alpha value is -1.74. The van der Waals surface area contributed by atoms with E-state index in [9.17, 15) is 0 Å². The second kappa shape index (κ2) is 9.31. The van der Waals surface area contributed by atoms with Crippen LogP contribution in [0.15, 0.2) is 48.5 Å². The minimum Gasteiger partial charge on any atom is -0.0863 e. The molecule has 0 heterocycles. The lowest BCUT2D eigenvalue weighted by Gasteiger charge is -2.00. The summed E-state index contributed by atoms with van der Waals surface area (Å²) in [6.45, 7) is 0. The first-order valence-corrected chi connectivity index (χ1v) is 9.05. The smallest absolute Gasteiger partial charge is 0.0649 e. The minimum atomic E-state index is 0.677. The molecule has 0 amide bonds. The van der Waals surface area contributed by atoms with Crippen LogP contribution in [0.5, 0.6) is 0 Å². The Bertz CT molecular complexity index is 713. The fourth-order valence-electron chi connectivity index (χ4n) is 1.95. The van der Waals surface area contributed by atoms with Crippen LogP contribution >= 0.6 is 31.9 Å². The summed E-state index contributed by atoms with van der Waals surface area (Å²) in [4.78, 5) is 0. The standard InChI is InChI=1S/C20H14Br2/c21-15-5-11-17-7-1-3-9-19(17)13-14-20-10-4-2-8-18(20)12-6-16-22/h1-4,7-10,13-14H,15-16H2/b14-13+. The number of alkyl halides is 2. The molecule has 0 aromatic heterocycles. The van der Waals surface area contributed by atoms with Gasteiger partial charge in [-0.15, -0.1) is 0 Å². The Morgan fingerprint density at radius 3 is 1.50 bits per heavy atom. The monoisotopic (exact) mass is 412 g/mol. The van der Waals surface area contributed by atoms with E-state index in [4.69, 9.17) is 0 Å². The third kappa shape index (κ3) is 4.92. The molecule has 22 heavy (non-hydrogen) atoms. The number of rotatable bonds is 2. The predicted octanol–water partition coefficient (Wildman–Crippen LogP) is 5.35. The minimum absolute atomic E-state index is 0.677. The van der Waals surface area contributed by atoms with Gasteiger partial charge in [-0.3, -0.25) is 0 Å². The summed E-state index contributed by atoms with van der Waals surface area (Å²) in [6.07, 6.45) is 4.18. The van der Waals surface area contributed by atoms with Gasteiger partial charge in [-0.2, -0.15) is 0 Å². The molecule has 2 aromatic carbocycles. The third-order valence-corrected chi connectivity index (χ3v) is 3.50. The van der Waals surface area contributed by atoms with Crippen LogP contribution in [0.2, 0.25) is 0 Å². The molecule has 0 saturated heterocycles. The largest absolute Gasteiger partial charge is 0.0863 e. The maximum Gasteiger partial charge on any atom is 0.0649 e. The molecule has 0 aliphatic rings. The Kier molecular flexibility index (Phi) is 7.04. The van der Waals surface area contributed by atoms with E-state index in [1.54, 1.807) is 0 Å². The van der Waals surface area contributed by atoms with E-state index in [0.29, 0.717) is 10.7 Å². The van der Waals surface area contributed by atoms with E-state index in [0.717, 1.165) is 22.3 Å². The van der Waals surface area contributed by atoms with Crippen molar-refractivity contribution < 1.29 is 0 Å². The molecular weight excluding hydrogens is 400 g/mol. The van der Waals surface area contributed by atoms with Crippen molar-refractivity contribution in [1.29, 1.82) is 0 Å². The molecular formula is C20H14Br2. The molecule has 0 fully saturated rings. The van der Waals surface area contributed by atoms with Crippen LogP contribution in [-0.4, -0.2) is 10.7 Å². The molecule has 0 unspecified atom stereocenters. The maximum atomic E-state index is 3.33. The SMILES string of the molecule is BrCC#Cc1ccccc1/C=C/c1ccccc1C#CCBr. The van der Waals surface area contributed by atoms with Gasteiger partial charge in [0, 0.05) is 11.1 Å². The molecule has 0 nitrogen and oxygen atoms in total. The van der Waals surface area contributed by atoms with Crippen LogP contribution < -0.4 is 0 Å². The summed E-state index contributed by atoms with van der Waals surface area (Å²) < 4.78 is 0. The fraction of sp³-hybridized carbons (Fsp3) is 0.100. The molecule has 2 rings (SSSR count). The zero-order chi connectivity index (χ0) is 15.6. The van der Waals surface area contributed by atoms with E-state index < -0.39 is 0 Å². The van der Waals surface area contributed by atoms with Gasteiger partial charge in [0.25, 0.3) is 0 Å². The van der Waals surface area contributed by atoms with E-state index in [2.05, 4.69) is 79.8 Å². The fourth-order valence-corrected chi connectivity index (χ4v) is 2.23. The second-order valence-electron chi connectivity index (χ2n) is 4.38. The van der Waals surface area contributed by atoms with E-state index in [1.165, 1.54) is 0 Å². The van der Waals surface area contributed by atoms with Crippen molar-refractivity contribution >= 4 is 44.0 Å². The molecule has 0 aliphatic heterocycles. The van der Waals surface area contributed by atoms with Gasteiger partial charge in [0.1, 0.15) is 0 Å². The first-order chi connectivity index (χ1) is 10.8. The van der Waals surface area contributed by atoms with E-state index >= 15 is 0 Å². The summed E-state index contributed by atoms with van der Waals surface area (Å²) >= 11 is 6.66. The van der Waals surface area contributed by atoms with Gasteiger partial charge in [0.05, 0.1) is 10.7 Å². The summed E-state index contributed by atoms with van der Waals surface area (Å²) in [5.74, 6) is 12.4. The van der Waals surface area contributed by atoms with Gasteiger partial charge in [-0.25, -0.2) is 0 Å². The van der Waals surface area contributed by atoms with Crippen molar-refractivity contribution in [2.24, 2.45) is 0 Å². The average molecular weight is 414 g/mol. The lowest BCUT2D eigenvalue weighted by Crippen LogP contribution is -1.83. The zero-order valence-corrected chi connectivity index (χ0v) is 15.1. The van der Waals surface area contributed by atoms with Gasteiger partial charge in [-0.1, -0.05) is 104 Å². The van der Waals surface area contributed by atoms with Crippen molar-refractivity contribution in [1.82, 2.24) is 0 Å². The first-order valence-electron chi connectivity index (χ1n) is 6.81. The summed E-state index contributed by atoms with van der Waals surface area (Å²) in [5.41, 5.74) is 4.28. The second-order valence-corrected chi connectivity index (χ2v) is 5.50. The van der Waals surface area contributed by atoms with Gasteiger partial charge in [0.2, 0.25) is 0 Å². The molecule has 2 heteroatoms. The van der Waals surface area contributed by atoms with Crippen LogP contribution in [-0.2, 0) is 0 Å². The normalized spacial score (nSPS) is 9.73. The molecule has 0 aliphatic carbocycles. The predicted molar refractivity (Wildman–Crippen MR) is 103 cm³/mol. The summed E-state index contributed by atoms with van der Waals surface area (Å²) in [5, 5.41) is 1.35. The molecule has 0 bridgehead atoms. The van der Waals surface area contributed by atoms with Crippen LogP contribution in [0.3, 0.4) is 0 Å². The zero-order valence-electron chi connectivity index (χ0n) is 11.9. The topological polar surface area (TPSA) is 0 Å². The highest BCUT2D eigenvalue weighted by Gasteiger charge is 1.97. The van der Waals surface area contributed by atoms with Crippen molar-refractivity contribution in [2.45, 2.75) is 0 Å². The molecule has 0 N–H and O–H groups in total. The van der Waals surface area contributed by atoms with Gasteiger partial charge in [-0.05, 0) is 23.3 Å². The van der Waals surface area contributed by atoms with E-state index in [-0.39, 0.29) is 0 Å². The number of hydrogen-bond donors (Lipinski definition) is 0. The Balaban J connectivity index is 2.34. The number of hydrogen-bond acceptors (Lipinski definition) is 0. The van der Waals surface area contributed by atoms with Gasteiger partial charge >= 0.3 is 0 Å². The number of halogens is 2. The first kappa shape index (κ1) is 16.6. The average Bonchev–Trinajstić information content (AvgIpc) is 2.57. The highest BCUT2D eigenvalue weighted by atomic mass is 79.9. The van der Waals surface area contributed by atoms with Crippen molar-refractivity contribution in [3.8, 4) is 23.7 Å². The molecule has 0 atom stereocenters. The highest BCUT2D eigenvalue weighted by Crippen LogP contribution is 2.15. The molecule has 2 aromatic rings. The van der Waals surface area contributed by atoms with Crippen molar-refractivity contribution in [2.75, 3.05) is 10.7 Å². The van der Waals surface area contributed by atoms with Crippen LogP contribution in [0.4, 0.5) is 0 Å². The van der Waals surface area contributed by atoms with Crippen LogP contribution in [0.1, 0.15) is 22.3 Å². The Morgan fingerprint density at radius 1 is 0.682 bits per heavy atom. The van der Waals surface area contributed by atoms with Crippen LogP contribution in [0, 0.1) is 23.7 Å². The van der Waals surface area contributed by atoms with Gasteiger partial charge in [0.15, 0.2) is 0 Å². The summed E-state index contributed by atoms with van der Waals surface area (Å²) in [6, 6.07) is 16.3. The van der Waals surface area contributed by atoms with E-state index in [1.807, 2.05) is 36.4 Å². The molecule has 0 spiro atoms. The van der Waals surface area contributed by atoms with Crippen molar-refractivity contribution in [3.63, 3.8) is 0 Å². The quantitative estimate of drug-likeness (QED) is 0.353. The molecule has 0 radical (unpaired) electrons. The Morgan fingerprint density at radius 2 is 1.09 bits per heavy atom. The Labute approximate surface area is 148 Å². The lowest BCUT2D eigenvalue weighted by atomic mass is 10.0. The molecule has 108 valence electrons. The number of benzene rings is 2. The van der Waals surface area contributed by atoms with Gasteiger partial charge < -0.3 is 0 Å². The molecule has 0 saturated carbocycles. The highest BCUT2D eigenvalue weighted by molar-refractivity contribution is 9.09. The van der Waals surface area contributed by atoms with Crippen molar-refractivity contribution in [3.05, 3.63) is 70.8 Å².